The van der Waals surface area contributed by atoms with Crippen LogP contribution < -0.4 is 5.32 Å². The Morgan fingerprint density at radius 1 is 1.12 bits per heavy atom. The van der Waals surface area contributed by atoms with Crippen LogP contribution in [0.4, 0.5) is 10.1 Å². The number of rotatable bonds is 6. The first-order chi connectivity index (χ1) is 11.3. The van der Waals surface area contributed by atoms with Gasteiger partial charge >= 0.3 is 5.97 Å². The number of hydrogen-bond donors (Lipinski definition) is 2. The number of nitrogens with one attached hydrogen (secondary N) is 1. The Morgan fingerprint density at radius 2 is 1.79 bits per heavy atom. The average Bonchev–Trinajstić information content (AvgIpc) is 2.53. The lowest BCUT2D eigenvalue weighted by atomic mass is 9.83. The van der Waals surface area contributed by atoms with E-state index in [4.69, 9.17) is 5.11 Å². The third-order valence-corrected chi connectivity index (χ3v) is 3.95. The number of aryl methyl sites for hydroxylation is 1. The predicted molar refractivity (Wildman–Crippen MR) is 90.5 cm³/mol. The van der Waals surface area contributed by atoms with Crippen LogP contribution in [0.1, 0.15) is 31.4 Å². The summed E-state index contributed by atoms with van der Waals surface area (Å²) in [6, 6.07) is 13.0. The second kappa shape index (κ2) is 7.25. The Labute approximate surface area is 140 Å². The van der Waals surface area contributed by atoms with Gasteiger partial charge in [0.25, 0.3) is 0 Å². The molecule has 0 fully saturated rings. The fourth-order valence-corrected chi connectivity index (χ4v) is 2.34. The molecule has 0 radical (unpaired) electrons. The van der Waals surface area contributed by atoms with E-state index in [1.807, 2.05) is 6.07 Å². The zero-order valence-corrected chi connectivity index (χ0v) is 13.7. The van der Waals surface area contributed by atoms with Gasteiger partial charge in [0.05, 0.1) is 5.41 Å². The molecule has 0 atom stereocenters. The van der Waals surface area contributed by atoms with E-state index in [1.165, 1.54) is 12.1 Å². The van der Waals surface area contributed by atoms with Crippen molar-refractivity contribution in [3.05, 3.63) is 65.5 Å². The van der Waals surface area contributed by atoms with Gasteiger partial charge in [-0.1, -0.05) is 24.3 Å². The molecule has 0 unspecified atom stereocenters. The molecule has 1 amide bonds. The van der Waals surface area contributed by atoms with Crippen LogP contribution in [0.2, 0.25) is 0 Å². The molecule has 0 aliphatic carbocycles. The monoisotopic (exact) mass is 329 g/mol. The quantitative estimate of drug-likeness (QED) is 0.848. The van der Waals surface area contributed by atoms with E-state index in [9.17, 15) is 14.0 Å². The standard InChI is InChI=1S/C19H20FNO3/c1-19(2,14-7-9-15(20)10-8-14)18(24)21-16-5-3-4-13(12-16)6-11-17(22)23/h3-5,7-10,12H,6,11H2,1-2H3,(H,21,24)(H,22,23). The Bertz CT molecular complexity index is 739. The molecule has 2 N–H and O–H groups in total. The Balaban J connectivity index is 2.12. The lowest BCUT2D eigenvalue weighted by Gasteiger charge is -2.24. The second-order valence-corrected chi connectivity index (χ2v) is 6.18. The highest BCUT2D eigenvalue weighted by molar-refractivity contribution is 5.98. The highest BCUT2D eigenvalue weighted by Crippen LogP contribution is 2.25. The third kappa shape index (κ3) is 4.41. The smallest absolute Gasteiger partial charge is 0.303 e. The number of carboxylic acids is 1. The zero-order valence-electron chi connectivity index (χ0n) is 13.7. The zero-order chi connectivity index (χ0) is 17.7. The molecule has 0 heterocycles. The SMILES string of the molecule is CC(C)(C(=O)Nc1cccc(CCC(=O)O)c1)c1ccc(F)cc1. The minimum absolute atomic E-state index is 0.0402. The molecular weight excluding hydrogens is 309 g/mol. The number of carboxylic acid groups (broad SMARTS) is 1. The first-order valence-corrected chi connectivity index (χ1v) is 7.67. The summed E-state index contributed by atoms with van der Waals surface area (Å²) < 4.78 is 13.1. The van der Waals surface area contributed by atoms with Gasteiger partial charge in [-0.05, 0) is 55.7 Å². The molecule has 0 aliphatic heterocycles. The van der Waals surface area contributed by atoms with Crippen molar-refractivity contribution in [2.24, 2.45) is 0 Å². The number of carbonyl (C=O) groups excluding carboxylic acids is 1. The molecular formula is C19H20FNO3. The molecule has 2 rings (SSSR count). The molecule has 24 heavy (non-hydrogen) atoms. The van der Waals surface area contributed by atoms with E-state index in [-0.39, 0.29) is 18.1 Å². The van der Waals surface area contributed by atoms with Crippen LogP contribution in [0.3, 0.4) is 0 Å². The summed E-state index contributed by atoms with van der Waals surface area (Å²) in [5, 5.41) is 11.6. The van der Waals surface area contributed by atoms with Crippen molar-refractivity contribution in [3.63, 3.8) is 0 Å². The summed E-state index contributed by atoms with van der Waals surface area (Å²) >= 11 is 0. The molecule has 0 bridgehead atoms. The summed E-state index contributed by atoms with van der Waals surface area (Å²) in [4.78, 5) is 23.2. The lowest BCUT2D eigenvalue weighted by Crippen LogP contribution is -2.34. The number of aliphatic carboxylic acids is 1. The van der Waals surface area contributed by atoms with Gasteiger partial charge in [0.1, 0.15) is 5.82 Å². The van der Waals surface area contributed by atoms with E-state index >= 15 is 0 Å². The maximum absolute atomic E-state index is 13.1. The van der Waals surface area contributed by atoms with Crippen molar-refractivity contribution in [1.82, 2.24) is 0 Å². The summed E-state index contributed by atoms with van der Waals surface area (Å²) in [6.45, 7) is 3.54. The van der Waals surface area contributed by atoms with Crippen LogP contribution in [0.25, 0.3) is 0 Å². The topological polar surface area (TPSA) is 66.4 Å². The van der Waals surface area contributed by atoms with Crippen LogP contribution >= 0.6 is 0 Å². The molecule has 0 saturated heterocycles. The molecule has 0 spiro atoms. The van der Waals surface area contributed by atoms with E-state index in [0.717, 1.165) is 5.56 Å². The number of anilines is 1. The Hall–Kier alpha value is -2.69. The van der Waals surface area contributed by atoms with Gasteiger partial charge in [0.2, 0.25) is 5.91 Å². The van der Waals surface area contributed by atoms with Crippen molar-refractivity contribution in [3.8, 4) is 0 Å². The molecule has 2 aromatic carbocycles. The van der Waals surface area contributed by atoms with Crippen molar-refractivity contribution >= 4 is 17.6 Å². The van der Waals surface area contributed by atoms with Gasteiger partial charge in [-0.2, -0.15) is 0 Å². The first-order valence-electron chi connectivity index (χ1n) is 7.67. The molecule has 0 aromatic heterocycles. The summed E-state index contributed by atoms with van der Waals surface area (Å²) in [5.74, 6) is -1.42. The minimum atomic E-state index is -0.859. The van der Waals surface area contributed by atoms with E-state index in [2.05, 4.69) is 5.32 Å². The fourth-order valence-electron chi connectivity index (χ4n) is 2.34. The normalized spacial score (nSPS) is 11.1. The largest absolute Gasteiger partial charge is 0.481 e. The molecule has 2 aromatic rings. The van der Waals surface area contributed by atoms with Gasteiger partial charge in [-0.3, -0.25) is 9.59 Å². The Morgan fingerprint density at radius 3 is 2.42 bits per heavy atom. The third-order valence-electron chi connectivity index (χ3n) is 3.95. The van der Waals surface area contributed by atoms with E-state index < -0.39 is 11.4 Å². The molecule has 0 aliphatic rings. The van der Waals surface area contributed by atoms with Crippen LogP contribution in [0.5, 0.6) is 0 Å². The molecule has 126 valence electrons. The maximum atomic E-state index is 13.1. The van der Waals surface area contributed by atoms with Gasteiger partial charge in [-0.15, -0.1) is 0 Å². The van der Waals surface area contributed by atoms with Gasteiger partial charge in [0, 0.05) is 12.1 Å². The predicted octanol–water partition coefficient (Wildman–Crippen LogP) is 3.76. The number of hydrogen-bond acceptors (Lipinski definition) is 2. The highest BCUT2D eigenvalue weighted by atomic mass is 19.1. The van der Waals surface area contributed by atoms with Crippen LogP contribution in [0, 0.1) is 5.82 Å². The number of benzene rings is 2. The highest BCUT2D eigenvalue weighted by Gasteiger charge is 2.29. The second-order valence-electron chi connectivity index (χ2n) is 6.18. The van der Waals surface area contributed by atoms with Gasteiger partial charge in [0.15, 0.2) is 0 Å². The van der Waals surface area contributed by atoms with Gasteiger partial charge < -0.3 is 10.4 Å². The van der Waals surface area contributed by atoms with Crippen LogP contribution in [0.15, 0.2) is 48.5 Å². The van der Waals surface area contributed by atoms with E-state index in [0.29, 0.717) is 17.7 Å². The average molecular weight is 329 g/mol. The van der Waals surface area contributed by atoms with Crippen LogP contribution in [-0.4, -0.2) is 17.0 Å². The fraction of sp³-hybridized carbons (Fsp3) is 0.263. The molecule has 4 nitrogen and oxygen atoms in total. The first kappa shape index (κ1) is 17.7. The number of halogens is 1. The number of carbonyl (C=O) groups is 2. The van der Waals surface area contributed by atoms with Crippen molar-refractivity contribution in [2.75, 3.05) is 5.32 Å². The molecule has 5 heteroatoms. The summed E-state index contributed by atoms with van der Waals surface area (Å²) in [5.41, 5.74) is 1.33. The van der Waals surface area contributed by atoms with Crippen molar-refractivity contribution in [2.45, 2.75) is 32.1 Å². The minimum Gasteiger partial charge on any atom is -0.481 e. The maximum Gasteiger partial charge on any atom is 0.303 e. The summed E-state index contributed by atoms with van der Waals surface area (Å²) in [7, 11) is 0. The molecule has 0 saturated carbocycles. The van der Waals surface area contributed by atoms with E-state index in [1.54, 1.807) is 44.2 Å². The van der Waals surface area contributed by atoms with Gasteiger partial charge in [-0.25, -0.2) is 4.39 Å². The summed E-state index contributed by atoms with van der Waals surface area (Å²) in [6.07, 6.45) is 0.443. The number of amides is 1. The van der Waals surface area contributed by atoms with Crippen molar-refractivity contribution in [1.29, 1.82) is 0 Å². The lowest BCUT2D eigenvalue weighted by molar-refractivity contribution is -0.137. The Kier molecular flexibility index (Phi) is 5.34. The van der Waals surface area contributed by atoms with Crippen molar-refractivity contribution < 1.29 is 19.1 Å². The van der Waals surface area contributed by atoms with Crippen LogP contribution in [-0.2, 0) is 21.4 Å².